The molecule has 3 aromatic rings. The zero-order valence-corrected chi connectivity index (χ0v) is 17.7. The van der Waals surface area contributed by atoms with Gasteiger partial charge >= 0.3 is 0 Å². The van der Waals surface area contributed by atoms with Gasteiger partial charge in [0.2, 0.25) is 5.91 Å². The van der Waals surface area contributed by atoms with E-state index in [4.69, 9.17) is 4.52 Å². The summed E-state index contributed by atoms with van der Waals surface area (Å²) in [6.07, 6.45) is 7.02. The molecule has 8 heteroatoms. The molecule has 0 spiro atoms. The van der Waals surface area contributed by atoms with Crippen molar-refractivity contribution in [2.24, 2.45) is 5.92 Å². The lowest BCUT2D eigenvalue weighted by Gasteiger charge is -2.17. The Kier molecular flexibility index (Phi) is 5.57. The number of imidazole rings is 1. The molecule has 2 atom stereocenters. The highest BCUT2D eigenvalue weighted by atomic mass is 16.5. The van der Waals surface area contributed by atoms with Crippen molar-refractivity contribution in [3.63, 3.8) is 0 Å². The average Bonchev–Trinajstić information content (AvgIpc) is 3.46. The number of nitrogens with one attached hydrogen (secondary N) is 2. The summed E-state index contributed by atoms with van der Waals surface area (Å²) >= 11 is 0. The first-order valence-electron chi connectivity index (χ1n) is 10.4. The average molecular weight is 409 g/mol. The van der Waals surface area contributed by atoms with Gasteiger partial charge in [0.1, 0.15) is 11.6 Å². The number of aromatic nitrogens is 5. The molecule has 1 aliphatic rings. The number of allylic oxidation sites excluding steroid dienone is 1. The van der Waals surface area contributed by atoms with Crippen LogP contribution < -0.4 is 5.32 Å². The van der Waals surface area contributed by atoms with E-state index in [0.29, 0.717) is 23.5 Å². The van der Waals surface area contributed by atoms with Gasteiger partial charge in [-0.3, -0.25) is 9.89 Å². The van der Waals surface area contributed by atoms with Gasteiger partial charge in [-0.25, -0.2) is 4.98 Å². The Labute approximate surface area is 175 Å². The van der Waals surface area contributed by atoms with Crippen LogP contribution in [-0.2, 0) is 17.6 Å². The number of hydrogen-bond acceptors (Lipinski definition) is 5. The van der Waals surface area contributed by atoms with Gasteiger partial charge in [-0.2, -0.15) is 5.10 Å². The Morgan fingerprint density at radius 1 is 1.40 bits per heavy atom. The number of H-pyrrole nitrogens is 1. The van der Waals surface area contributed by atoms with Gasteiger partial charge < -0.3 is 14.4 Å². The first-order chi connectivity index (χ1) is 14.4. The highest BCUT2D eigenvalue weighted by Crippen LogP contribution is 2.43. The quantitative estimate of drug-likeness (QED) is 0.576. The summed E-state index contributed by atoms with van der Waals surface area (Å²) in [5, 5.41) is 13.9. The van der Waals surface area contributed by atoms with E-state index >= 15 is 0 Å². The van der Waals surface area contributed by atoms with Crippen LogP contribution in [0.1, 0.15) is 61.6 Å². The molecule has 8 nitrogen and oxygen atoms in total. The normalized spacial score (nSPS) is 19.0. The fourth-order valence-electron chi connectivity index (χ4n) is 4.23. The second kappa shape index (κ2) is 8.30. The predicted octanol–water partition coefficient (Wildman–Crippen LogP) is 3.96. The zero-order valence-electron chi connectivity index (χ0n) is 17.7. The van der Waals surface area contributed by atoms with Crippen LogP contribution in [0.5, 0.6) is 0 Å². The van der Waals surface area contributed by atoms with E-state index in [2.05, 4.69) is 50.6 Å². The molecule has 3 aromatic heterocycles. The van der Waals surface area contributed by atoms with E-state index in [0.717, 1.165) is 36.5 Å². The van der Waals surface area contributed by atoms with Crippen LogP contribution in [0.25, 0.3) is 0 Å². The van der Waals surface area contributed by atoms with Crippen molar-refractivity contribution >= 4 is 11.7 Å². The first-order valence-corrected chi connectivity index (χ1v) is 10.4. The van der Waals surface area contributed by atoms with Gasteiger partial charge in [-0.15, -0.1) is 0 Å². The van der Waals surface area contributed by atoms with Crippen LogP contribution in [-0.4, -0.2) is 30.8 Å². The maximum atomic E-state index is 12.2. The molecule has 2 N–H and O–H groups in total. The summed E-state index contributed by atoms with van der Waals surface area (Å²) in [4.78, 5) is 16.8. The van der Waals surface area contributed by atoms with Crippen molar-refractivity contribution in [2.75, 3.05) is 5.32 Å². The highest BCUT2D eigenvalue weighted by Gasteiger charge is 2.32. The molecule has 30 heavy (non-hydrogen) atoms. The molecule has 0 aliphatic heterocycles. The Morgan fingerprint density at radius 2 is 2.23 bits per heavy atom. The van der Waals surface area contributed by atoms with Gasteiger partial charge in [0.05, 0.1) is 12.1 Å². The fourth-order valence-corrected chi connectivity index (χ4v) is 4.23. The molecule has 0 bridgehead atoms. The molecule has 1 aliphatic carbocycles. The molecule has 1 amide bonds. The smallest absolute Gasteiger partial charge is 0.233 e. The number of carbonyl (C=O) groups excluding carboxylic acids is 1. The number of hydrogen-bond donors (Lipinski definition) is 2. The third-order valence-corrected chi connectivity index (χ3v) is 5.76. The van der Waals surface area contributed by atoms with E-state index in [-0.39, 0.29) is 18.2 Å². The topological polar surface area (TPSA) is 102 Å². The second-order valence-corrected chi connectivity index (χ2v) is 8.32. The third kappa shape index (κ3) is 4.22. The summed E-state index contributed by atoms with van der Waals surface area (Å²) in [6, 6.07) is 4.05. The monoisotopic (exact) mass is 408 g/mol. The number of aryl methyl sites for hydroxylation is 1. The molecule has 3 heterocycles. The van der Waals surface area contributed by atoms with Crippen molar-refractivity contribution in [3.05, 3.63) is 59.7 Å². The predicted molar refractivity (Wildman–Crippen MR) is 113 cm³/mol. The molecular formula is C22H28N6O2. The van der Waals surface area contributed by atoms with Crippen molar-refractivity contribution in [1.82, 2.24) is 24.9 Å². The molecule has 0 saturated heterocycles. The van der Waals surface area contributed by atoms with Gasteiger partial charge in [0.15, 0.2) is 5.82 Å². The zero-order chi connectivity index (χ0) is 21.3. The molecule has 0 radical (unpaired) electrons. The van der Waals surface area contributed by atoms with Crippen molar-refractivity contribution in [3.8, 4) is 0 Å². The van der Waals surface area contributed by atoms with Crippen LogP contribution >= 0.6 is 0 Å². The van der Waals surface area contributed by atoms with Gasteiger partial charge in [-0.1, -0.05) is 17.3 Å². The van der Waals surface area contributed by atoms with Crippen LogP contribution in [0.2, 0.25) is 0 Å². The Bertz CT molecular complexity index is 1040. The first kappa shape index (κ1) is 20.1. The maximum absolute atomic E-state index is 12.2. The van der Waals surface area contributed by atoms with Crippen LogP contribution in [0.3, 0.4) is 0 Å². The Hall–Kier alpha value is -3.16. The molecule has 1 fully saturated rings. The fraction of sp³-hybridized carbons (Fsp3) is 0.455. The maximum Gasteiger partial charge on any atom is 0.233 e. The second-order valence-electron chi connectivity index (χ2n) is 8.32. The third-order valence-electron chi connectivity index (χ3n) is 5.76. The minimum absolute atomic E-state index is 0.129. The summed E-state index contributed by atoms with van der Waals surface area (Å²) in [7, 11) is 0. The summed E-state index contributed by atoms with van der Waals surface area (Å²) < 4.78 is 7.32. The lowest BCUT2D eigenvalue weighted by atomic mass is 9.93. The lowest BCUT2D eigenvalue weighted by molar-refractivity contribution is -0.115. The SMILES string of the molecule is C=C1C(Cc2nccn2C(C)C)CCC1c1cc(NC(=O)Cc2cc(C)no2)n[nH]1. The Morgan fingerprint density at radius 3 is 2.97 bits per heavy atom. The van der Waals surface area contributed by atoms with Crippen LogP contribution in [0.15, 0.2) is 41.2 Å². The number of nitrogens with zero attached hydrogens (tertiary/aromatic N) is 4. The molecular weight excluding hydrogens is 380 g/mol. The van der Waals surface area contributed by atoms with Crippen molar-refractivity contribution in [1.29, 1.82) is 0 Å². The summed E-state index contributed by atoms with van der Waals surface area (Å²) in [5.41, 5.74) is 2.94. The number of anilines is 1. The van der Waals surface area contributed by atoms with Gasteiger partial charge in [0.25, 0.3) is 0 Å². The van der Waals surface area contributed by atoms with E-state index in [9.17, 15) is 4.79 Å². The highest BCUT2D eigenvalue weighted by molar-refractivity contribution is 5.91. The van der Waals surface area contributed by atoms with Gasteiger partial charge in [0, 0.05) is 48.6 Å². The molecule has 2 unspecified atom stereocenters. The number of aromatic amines is 1. The summed E-state index contributed by atoms with van der Waals surface area (Å²) in [5.74, 6) is 2.58. The van der Waals surface area contributed by atoms with Gasteiger partial charge in [-0.05, 0) is 39.5 Å². The number of carbonyl (C=O) groups is 1. The van der Waals surface area contributed by atoms with E-state index < -0.39 is 0 Å². The van der Waals surface area contributed by atoms with E-state index in [1.165, 1.54) is 5.57 Å². The van der Waals surface area contributed by atoms with Crippen molar-refractivity contribution in [2.45, 2.75) is 58.4 Å². The molecule has 1 saturated carbocycles. The molecule has 158 valence electrons. The largest absolute Gasteiger partial charge is 0.361 e. The molecule has 4 rings (SSSR count). The standard InChI is InChI=1S/C22H28N6O2/c1-13(2)28-8-7-23-21(28)10-16-5-6-18(15(16)4)19-12-20(26-25-19)24-22(29)11-17-9-14(3)27-30-17/h7-9,12-13,16,18H,4-6,10-11H2,1-3H3,(H2,24,25,26,29). The Balaban J connectivity index is 1.37. The minimum Gasteiger partial charge on any atom is -0.361 e. The minimum atomic E-state index is -0.187. The van der Waals surface area contributed by atoms with Crippen molar-refractivity contribution < 1.29 is 9.32 Å². The molecule has 0 aromatic carbocycles. The van der Waals surface area contributed by atoms with Crippen LogP contribution in [0, 0.1) is 12.8 Å². The lowest BCUT2D eigenvalue weighted by Crippen LogP contribution is -2.14. The van der Waals surface area contributed by atoms with Crippen LogP contribution in [0.4, 0.5) is 5.82 Å². The number of amides is 1. The summed E-state index contributed by atoms with van der Waals surface area (Å²) in [6.45, 7) is 10.5. The van der Waals surface area contributed by atoms with E-state index in [1.807, 2.05) is 25.4 Å². The number of rotatable bonds is 7. The van der Waals surface area contributed by atoms with E-state index in [1.54, 1.807) is 6.07 Å².